The molecule has 1 fully saturated rings. The first-order valence-corrected chi connectivity index (χ1v) is 5.74. The Labute approximate surface area is 96.1 Å². The number of nitrogens with zero attached hydrogens (tertiary/aromatic N) is 1. The van der Waals surface area contributed by atoms with E-state index in [-0.39, 0.29) is 17.9 Å². The predicted octanol–water partition coefficient (Wildman–Crippen LogP) is 0.991. The maximum Gasteiger partial charge on any atom is 0.324 e. The summed E-state index contributed by atoms with van der Waals surface area (Å²) in [6.45, 7) is 3.85. The molecule has 1 saturated heterocycles. The molecule has 1 unspecified atom stereocenters. The average molecular weight is 228 g/mol. The molecular weight excluding hydrogens is 208 g/mol. The zero-order valence-electron chi connectivity index (χ0n) is 9.99. The number of nitrogens with one attached hydrogen (secondary N) is 1. The summed E-state index contributed by atoms with van der Waals surface area (Å²) in [6, 6.07) is -0.255. The lowest BCUT2D eigenvalue weighted by atomic mass is 10.1. The van der Waals surface area contributed by atoms with Crippen LogP contribution in [0.1, 0.15) is 26.2 Å². The van der Waals surface area contributed by atoms with Crippen molar-refractivity contribution in [1.29, 1.82) is 0 Å². The van der Waals surface area contributed by atoms with Crippen molar-refractivity contribution in [2.75, 3.05) is 26.8 Å². The Morgan fingerprint density at radius 2 is 2.12 bits per heavy atom. The molecule has 1 aliphatic rings. The maximum absolute atomic E-state index is 11.4. The molecule has 5 heteroatoms. The first kappa shape index (κ1) is 13.0. The lowest BCUT2D eigenvalue weighted by Gasteiger charge is -2.30. The van der Waals surface area contributed by atoms with E-state index >= 15 is 0 Å². The van der Waals surface area contributed by atoms with Gasteiger partial charge in [-0.15, -0.1) is 0 Å². The van der Waals surface area contributed by atoms with E-state index in [1.165, 1.54) is 0 Å². The minimum absolute atomic E-state index is 0.100. The number of hydrogen-bond acceptors (Lipinski definition) is 3. The number of imide groups is 1. The van der Waals surface area contributed by atoms with E-state index in [2.05, 4.69) is 5.32 Å². The Kier molecular flexibility index (Phi) is 5.25. The second-order valence-electron chi connectivity index (χ2n) is 4.19. The Balaban J connectivity index is 2.21. The van der Waals surface area contributed by atoms with Crippen LogP contribution in [0.5, 0.6) is 0 Å². The molecule has 0 aliphatic carbocycles. The fourth-order valence-electron chi connectivity index (χ4n) is 1.72. The summed E-state index contributed by atoms with van der Waals surface area (Å²) in [5.41, 5.74) is 0. The molecule has 0 aromatic heterocycles. The predicted molar refractivity (Wildman–Crippen MR) is 60.0 cm³/mol. The van der Waals surface area contributed by atoms with Crippen LogP contribution in [0.4, 0.5) is 4.79 Å². The molecule has 3 amide bonds. The number of hydrogen-bond donors (Lipinski definition) is 1. The number of carbonyl (C=O) groups is 2. The van der Waals surface area contributed by atoms with Crippen molar-refractivity contribution >= 4 is 11.9 Å². The van der Waals surface area contributed by atoms with Crippen molar-refractivity contribution in [3.63, 3.8) is 0 Å². The molecule has 16 heavy (non-hydrogen) atoms. The minimum Gasteiger partial charge on any atom is -0.385 e. The van der Waals surface area contributed by atoms with Crippen molar-refractivity contribution in [3.05, 3.63) is 0 Å². The van der Waals surface area contributed by atoms with Crippen LogP contribution in [0.3, 0.4) is 0 Å². The van der Waals surface area contributed by atoms with Crippen molar-refractivity contribution in [3.8, 4) is 0 Å². The lowest BCUT2D eigenvalue weighted by molar-refractivity contribution is -0.125. The highest BCUT2D eigenvalue weighted by Crippen LogP contribution is 2.09. The number of rotatable bonds is 6. The largest absolute Gasteiger partial charge is 0.385 e. The smallest absolute Gasteiger partial charge is 0.324 e. The number of carbonyl (C=O) groups excluding carboxylic acids is 2. The molecule has 0 aromatic rings. The number of methoxy groups -OCH3 is 1. The van der Waals surface area contributed by atoms with Crippen molar-refractivity contribution in [2.45, 2.75) is 26.2 Å². The SMILES string of the molecule is COCCCCCN1CC(C)C(=O)NC1=O. The molecule has 5 nitrogen and oxygen atoms in total. The average Bonchev–Trinajstić information content (AvgIpc) is 2.25. The van der Waals surface area contributed by atoms with Crippen LogP contribution in [-0.4, -0.2) is 43.6 Å². The van der Waals surface area contributed by atoms with Gasteiger partial charge in [0.1, 0.15) is 0 Å². The monoisotopic (exact) mass is 228 g/mol. The zero-order chi connectivity index (χ0) is 12.0. The van der Waals surface area contributed by atoms with Gasteiger partial charge in [0.25, 0.3) is 0 Å². The molecule has 0 radical (unpaired) electrons. The molecule has 0 spiro atoms. The highest BCUT2D eigenvalue weighted by molar-refractivity contribution is 5.97. The Morgan fingerprint density at radius 1 is 1.38 bits per heavy atom. The molecule has 0 saturated carbocycles. The van der Waals surface area contributed by atoms with Crippen LogP contribution in [0.2, 0.25) is 0 Å². The van der Waals surface area contributed by atoms with E-state index in [0.29, 0.717) is 13.1 Å². The second-order valence-corrected chi connectivity index (χ2v) is 4.19. The summed E-state index contributed by atoms with van der Waals surface area (Å²) in [5, 5.41) is 2.35. The molecule has 1 aliphatic heterocycles. The van der Waals surface area contributed by atoms with E-state index in [9.17, 15) is 9.59 Å². The third-order valence-corrected chi connectivity index (χ3v) is 2.74. The summed E-state index contributed by atoms with van der Waals surface area (Å²) in [4.78, 5) is 24.3. The number of urea groups is 1. The van der Waals surface area contributed by atoms with E-state index in [1.807, 2.05) is 6.92 Å². The summed E-state index contributed by atoms with van der Waals surface area (Å²) >= 11 is 0. The van der Waals surface area contributed by atoms with Crippen molar-refractivity contribution in [2.24, 2.45) is 5.92 Å². The van der Waals surface area contributed by atoms with Crippen LogP contribution >= 0.6 is 0 Å². The summed E-state index contributed by atoms with van der Waals surface area (Å²) in [6.07, 6.45) is 3.01. The van der Waals surface area contributed by atoms with Gasteiger partial charge in [-0.2, -0.15) is 0 Å². The number of ether oxygens (including phenoxy) is 1. The van der Waals surface area contributed by atoms with Crippen LogP contribution in [0.15, 0.2) is 0 Å². The Bertz CT molecular complexity index is 256. The molecular formula is C11H20N2O3. The summed E-state index contributed by atoms with van der Waals surface area (Å²) < 4.78 is 4.95. The van der Waals surface area contributed by atoms with Gasteiger partial charge in [0.2, 0.25) is 5.91 Å². The van der Waals surface area contributed by atoms with Crippen molar-refractivity contribution in [1.82, 2.24) is 10.2 Å². The minimum atomic E-state index is -0.255. The van der Waals surface area contributed by atoms with Gasteiger partial charge in [-0.3, -0.25) is 10.1 Å². The number of unbranched alkanes of at least 4 members (excludes halogenated alkanes) is 2. The van der Waals surface area contributed by atoms with Gasteiger partial charge in [0.15, 0.2) is 0 Å². The van der Waals surface area contributed by atoms with Crippen LogP contribution < -0.4 is 5.32 Å². The first-order valence-electron chi connectivity index (χ1n) is 5.74. The third kappa shape index (κ3) is 3.81. The van der Waals surface area contributed by atoms with Gasteiger partial charge in [-0.25, -0.2) is 4.79 Å². The van der Waals surface area contributed by atoms with E-state index < -0.39 is 0 Å². The summed E-state index contributed by atoms with van der Waals surface area (Å²) in [5.74, 6) is -0.266. The fourth-order valence-corrected chi connectivity index (χ4v) is 1.72. The highest BCUT2D eigenvalue weighted by atomic mass is 16.5. The molecule has 1 atom stereocenters. The first-order chi connectivity index (χ1) is 7.65. The normalized spacial score (nSPS) is 21.1. The molecule has 0 aromatic carbocycles. The lowest BCUT2D eigenvalue weighted by Crippen LogP contribution is -2.53. The highest BCUT2D eigenvalue weighted by Gasteiger charge is 2.28. The van der Waals surface area contributed by atoms with E-state index in [0.717, 1.165) is 25.9 Å². The zero-order valence-corrected chi connectivity index (χ0v) is 9.99. The quantitative estimate of drug-likeness (QED) is 0.690. The van der Waals surface area contributed by atoms with Gasteiger partial charge in [-0.1, -0.05) is 6.92 Å². The standard InChI is InChI=1S/C11H20N2O3/c1-9-8-13(11(15)12-10(9)14)6-4-3-5-7-16-2/h9H,3-8H2,1-2H3,(H,12,14,15). The van der Waals surface area contributed by atoms with Gasteiger partial charge in [0, 0.05) is 26.8 Å². The van der Waals surface area contributed by atoms with Gasteiger partial charge >= 0.3 is 6.03 Å². The van der Waals surface area contributed by atoms with Crippen LogP contribution in [-0.2, 0) is 9.53 Å². The maximum atomic E-state index is 11.4. The molecule has 1 heterocycles. The Morgan fingerprint density at radius 3 is 2.81 bits per heavy atom. The van der Waals surface area contributed by atoms with Gasteiger partial charge in [-0.05, 0) is 19.3 Å². The van der Waals surface area contributed by atoms with Gasteiger partial charge in [0.05, 0.1) is 5.92 Å². The van der Waals surface area contributed by atoms with Gasteiger partial charge < -0.3 is 9.64 Å². The molecule has 92 valence electrons. The van der Waals surface area contributed by atoms with Crippen LogP contribution in [0.25, 0.3) is 0 Å². The molecule has 1 N–H and O–H groups in total. The number of amides is 3. The second kappa shape index (κ2) is 6.48. The van der Waals surface area contributed by atoms with E-state index in [4.69, 9.17) is 4.74 Å². The fraction of sp³-hybridized carbons (Fsp3) is 0.818. The molecule has 0 bridgehead atoms. The van der Waals surface area contributed by atoms with Crippen molar-refractivity contribution < 1.29 is 14.3 Å². The topological polar surface area (TPSA) is 58.6 Å². The summed E-state index contributed by atoms with van der Waals surface area (Å²) in [7, 11) is 1.69. The Hall–Kier alpha value is -1.10. The molecule has 1 rings (SSSR count). The van der Waals surface area contributed by atoms with E-state index in [1.54, 1.807) is 12.0 Å². The van der Waals surface area contributed by atoms with Crippen LogP contribution in [0, 0.1) is 5.92 Å². The third-order valence-electron chi connectivity index (χ3n) is 2.74.